The van der Waals surface area contributed by atoms with Crippen molar-refractivity contribution in [2.75, 3.05) is 39.5 Å². The number of aliphatic hydroxyl groups excluding tert-OH is 1. The van der Waals surface area contributed by atoms with E-state index < -0.39 is 23.8 Å². The summed E-state index contributed by atoms with van der Waals surface area (Å²) in [6, 6.07) is 5.40. The lowest BCUT2D eigenvalue weighted by Crippen LogP contribution is -2.43. The van der Waals surface area contributed by atoms with Crippen LogP contribution in [0.25, 0.3) is 5.57 Å². The third kappa shape index (κ3) is 10.00. The quantitative estimate of drug-likeness (QED) is 0.191. The van der Waals surface area contributed by atoms with Crippen molar-refractivity contribution in [1.82, 2.24) is 15.5 Å². The SMILES string of the molecule is CCC.N=C/C(=C(\C(=O)NCCO)c1ccc(CC(NC(=O)C2=C(Cl)CCC=C2Cl)C(=O)O)cc1)N1CCOCC1. The Morgan fingerprint density at radius 1 is 1.15 bits per heavy atom. The molecule has 0 bridgehead atoms. The molecule has 1 aromatic rings. The molecule has 1 aliphatic carbocycles. The van der Waals surface area contributed by atoms with Gasteiger partial charge < -0.3 is 35.9 Å². The second-order valence-electron chi connectivity index (χ2n) is 9.33. The highest BCUT2D eigenvalue weighted by molar-refractivity contribution is 6.40. The standard InChI is InChI=1S/C26H30Cl2N4O6.C3H8/c27-18-2-1-3-19(28)23(18)25(35)31-20(26(36)37)14-16-4-6-17(7-5-16)22(24(34)30-8-11-33)21(15-29)32-9-12-38-13-10-32;1-3-2/h2,4-7,15,20,29,33H,1,3,8-14H2,(H,30,34)(H,31,35)(H,36,37);3H2,1-2H3/b22-21+,29-15?;. The minimum absolute atomic E-state index is 0.0236. The molecule has 0 radical (unpaired) electrons. The molecule has 41 heavy (non-hydrogen) atoms. The molecule has 1 heterocycles. The van der Waals surface area contributed by atoms with E-state index in [1.54, 1.807) is 30.3 Å². The summed E-state index contributed by atoms with van der Waals surface area (Å²) in [6.45, 7) is 6.02. The van der Waals surface area contributed by atoms with Crippen LogP contribution in [-0.2, 0) is 25.5 Å². The average molecular weight is 610 g/mol. The van der Waals surface area contributed by atoms with E-state index in [0.717, 1.165) is 6.21 Å². The molecule has 1 unspecified atom stereocenters. The Bertz CT molecular complexity index is 1170. The fourth-order valence-electron chi connectivity index (χ4n) is 4.17. The summed E-state index contributed by atoms with van der Waals surface area (Å²) in [5.74, 6) is -2.33. The number of halogens is 2. The van der Waals surface area contributed by atoms with Crippen LogP contribution in [0.3, 0.4) is 0 Å². The molecule has 12 heteroatoms. The summed E-state index contributed by atoms with van der Waals surface area (Å²) < 4.78 is 5.38. The van der Waals surface area contributed by atoms with Crippen molar-refractivity contribution in [3.8, 4) is 0 Å². The van der Waals surface area contributed by atoms with Crippen molar-refractivity contribution in [3.05, 3.63) is 62.8 Å². The van der Waals surface area contributed by atoms with Gasteiger partial charge in [-0.15, -0.1) is 0 Å². The highest BCUT2D eigenvalue weighted by Gasteiger charge is 2.27. The van der Waals surface area contributed by atoms with Crippen molar-refractivity contribution in [2.24, 2.45) is 0 Å². The summed E-state index contributed by atoms with van der Waals surface area (Å²) in [5, 5.41) is 32.5. The Kier molecular flexibility index (Phi) is 14.6. The fourth-order valence-corrected chi connectivity index (χ4v) is 4.82. The number of carboxylic acid groups (broad SMARTS) is 1. The van der Waals surface area contributed by atoms with Crippen LogP contribution >= 0.6 is 23.2 Å². The molecule has 0 aromatic heterocycles. The number of hydrogen-bond acceptors (Lipinski definition) is 7. The molecule has 5 N–H and O–H groups in total. The van der Waals surface area contributed by atoms with Gasteiger partial charge in [-0.1, -0.05) is 73.8 Å². The normalized spacial score (nSPS) is 16.4. The van der Waals surface area contributed by atoms with Gasteiger partial charge in [0.25, 0.3) is 11.8 Å². The van der Waals surface area contributed by atoms with E-state index in [9.17, 15) is 19.5 Å². The maximum Gasteiger partial charge on any atom is 0.326 e. The number of aliphatic hydroxyl groups is 1. The van der Waals surface area contributed by atoms with Crippen molar-refractivity contribution in [2.45, 2.75) is 45.6 Å². The van der Waals surface area contributed by atoms with Crippen LogP contribution in [0.15, 0.2) is 51.7 Å². The fraction of sp³-hybridized carbons (Fsp3) is 0.448. The van der Waals surface area contributed by atoms with E-state index in [1.165, 1.54) is 6.42 Å². The molecule has 3 rings (SSSR count). The number of benzene rings is 1. The number of nitrogens with one attached hydrogen (secondary N) is 3. The van der Waals surface area contributed by atoms with E-state index in [0.29, 0.717) is 56.0 Å². The number of carbonyl (C=O) groups is 3. The van der Waals surface area contributed by atoms with Crippen molar-refractivity contribution in [3.63, 3.8) is 0 Å². The second-order valence-corrected chi connectivity index (χ2v) is 10.2. The molecule has 0 saturated carbocycles. The van der Waals surface area contributed by atoms with Crippen molar-refractivity contribution in [1.29, 1.82) is 5.41 Å². The minimum atomic E-state index is -1.25. The Morgan fingerprint density at radius 3 is 2.32 bits per heavy atom. The lowest BCUT2D eigenvalue weighted by atomic mass is 9.98. The number of carbonyl (C=O) groups excluding carboxylic acids is 2. The molecule has 1 aliphatic heterocycles. The third-order valence-electron chi connectivity index (χ3n) is 6.08. The Morgan fingerprint density at radius 2 is 1.78 bits per heavy atom. The second kappa shape index (κ2) is 17.6. The monoisotopic (exact) mass is 608 g/mol. The van der Waals surface area contributed by atoms with Gasteiger partial charge in [0.2, 0.25) is 0 Å². The maximum absolute atomic E-state index is 13.0. The number of rotatable bonds is 11. The summed E-state index contributed by atoms with van der Waals surface area (Å²) in [5.41, 5.74) is 1.86. The molecule has 1 fully saturated rings. The molecule has 2 amide bonds. The lowest BCUT2D eigenvalue weighted by Gasteiger charge is -2.31. The zero-order valence-corrected chi connectivity index (χ0v) is 24.9. The summed E-state index contributed by atoms with van der Waals surface area (Å²) in [6.07, 6.45) is 5.06. The topological polar surface area (TPSA) is 152 Å². The molecule has 1 atom stereocenters. The predicted octanol–water partition coefficient (Wildman–Crippen LogP) is 3.43. The van der Waals surface area contributed by atoms with Crippen molar-refractivity contribution >= 4 is 52.8 Å². The van der Waals surface area contributed by atoms with Gasteiger partial charge in [0.1, 0.15) is 6.04 Å². The summed E-state index contributed by atoms with van der Waals surface area (Å²) in [4.78, 5) is 39.6. The van der Waals surface area contributed by atoms with Gasteiger partial charge in [-0.2, -0.15) is 0 Å². The highest BCUT2D eigenvalue weighted by Crippen LogP contribution is 2.30. The molecule has 0 spiro atoms. The molecule has 224 valence electrons. The van der Waals surface area contributed by atoms with Crippen LogP contribution in [0.2, 0.25) is 0 Å². The zero-order chi connectivity index (χ0) is 30.4. The molecule has 10 nitrogen and oxygen atoms in total. The van der Waals surface area contributed by atoms with Crippen LogP contribution in [0.5, 0.6) is 0 Å². The van der Waals surface area contributed by atoms with Gasteiger partial charge >= 0.3 is 5.97 Å². The first-order valence-electron chi connectivity index (χ1n) is 13.5. The number of amides is 2. The first-order valence-corrected chi connectivity index (χ1v) is 14.3. The first kappa shape index (κ1) is 34.0. The van der Waals surface area contributed by atoms with E-state index in [1.807, 2.05) is 4.90 Å². The molecular formula is C29H38Cl2N4O6. The van der Waals surface area contributed by atoms with Gasteiger partial charge in [-0.3, -0.25) is 9.59 Å². The van der Waals surface area contributed by atoms with Gasteiger partial charge in [0.05, 0.1) is 41.7 Å². The molecule has 1 aromatic carbocycles. The number of hydrogen-bond donors (Lipinski definition) is 5. The van der Waals surface area contributed by atoms with E-state index in [4.69, 9.17) is 38.5 Å². The zero-order valence-electron chi connectivity index (χ0n) is 23.3. The van der Waals surface area contributed by atoms with Gasteiger partial charge in [-0.05, 0) is 24.0 Å². The maximum atomic E-state index is 13.0. The molecular weight excluding hydrogens is 571 g/mol. The van der Waals surface area contributed by atoms with E-state index in [-0.39, 0.29) is 40.8 Å². The van der Waals surface area contributed by atoms with Crippen LogP contribution in [0, 0.1) is 5.41 Å². The number of ether oxygens (including phenoxy) is 1. The first-order chi connectivity index (χ1) is 19.7. The predicted molar refractivity (Wildman–Crippen MR) is 160 cm³/mol. The van der Waals surface area contributed by atoms with Crippen molar-refractivity contribution < 1.29 is 29.3 Å². The Labute approximate surface area is 250 Å². The van der Waals surface area contributed by atoms with Crippen LogP contribution in [0.4, 0.5) is 0 Å². The highest BCUT2D eigenvalue weighted by atomic mass is 35.5. The molecule has 1 saturated heterocycles. The Hall–Kier alpha value is -3.18. The largest absolute Gasteiger partial charge is 0.480 e. The Balaban J connectivity index is 0.00000187. The van der Waals surface area contributed by atoms with Crippen LogP contribution < -0.4 is 10.6 Å². The lowest BCUT2D eigenvalue weighted by molar-refractivity contribution is -0.141. The van der Waals surface area contributed by atoms with E-state index in [2.05, 4.69) is 24.5 Å². The number of morpholine rings is 1. The average Bonchev–Trinajstić information content (AvgIpc) is 2.95. The molecule has 2 aliphatic rings. The van der Waals surface area contributed by atoms with E-state index >= 15 is 0 Å². The van der Waals surface area contributed by atoms with Crippen LogP contribution in [-0.4, -0.2) is 84.6 Å². The van der Waals surface area contributed by atoms with Crippen LogP contribution in [0.1, 0.15) is 44.2 Å². The smallest absolute Gasteiger partial charge is 0.326 e. The van der Waals surface area contributed by atoms with Gasteiger partial charge in [-0.25, -0.2) is 4.79 Å². The number of allylic oxidation sites excluding steroid dienone is 3. The van der Waals surface area contributed by atoms with Gasteiger partial charge in [0, 0.05) is 37.3 Å². The summed E-state index contributed by atoms with van der Waals surface area (Å²) in [7, 11) is 0. The number of aliphatic carboxylic acids is 1. The van der Waals surface area contributed by atoms with Gasteiger partial charge in [0.15, 0.2) is 0 Å². The summed E-state index contributed by atoms with van der Waals surface area (Å²) >= 11 is 12.3. The third-order valence-corrected chi connectivity index (χ3v) is 6.80. The number of carboxylic acids is 1. The minimum Gasteiger partial charge on any atom is -0.480 e. The number of nitrogens with zero attached hydrogens (tertiary/aromatic N) is 1.